The number of benzene rings is 3. The maximum atomic E-state index is 14.8. The molecule has 0 bridgehead atoms. The van der Waals surface area contributed by atoms with Gasteiger partial charge in [0.2, 0.25) is 16.9 Å². The zero-order chi connectivity index (χ0) is 37.1. The standard InChI is InChI=1S/C38H44F3NO8/c1-20(2)17-42(18-21(3)4)19-27-28(49-37(44)25-15-30(45-8)34(47-10)31(16-25)46-9)12-11-26-32(43)35(36(38(39,40)41)50-33(26)27)48-29-14-22(5)13-23(6)24(29)7/h11-16,20-21H,17-19H2,1-10H3. The number of carbonyl (C=O) groups is 1. The predicted octanol–water partition coefficient (Wildman–Crippen LogP) is 8.89. The zero-order valence-corrected chi connectivity index (χ0v) is 30.1. The summed E-state index contributed by atoms with van der Waals surface area (Å²) in [4.78, 5) is 29.6. The molecule has 0 atom stereocenters. The number of hydrogen-bond donors (Lipinski definition) is 0. The molecule has 0 fully saturated rings. The fourth-order valence-electron chi connectivity index (χ4n) is 5.84. The molecular weight excluding hydrogens is 655 g/mol. The topological polar surface area (TPSA) is 96.7 Å². The largest absolute Gasteiger partial charge is 0.493 e. The summed E-state index contributed by atoms with van der Waals surface area (Å²) in [7, 11) is 4.21. The Labute approximate surface area is 289 Å². The summed E-state index contributed by atoms with van der Waals surface area (Å²) in [5, 5.41) is -0.161. The number of hydrogen-bond acceptors (Lipinski definition) is 9. The molecule has 0 aliphatic carbocycles. The minimum atomic E-state index is -5.11. The number of rotatable bonds is 13. The average molecular weight is 700 g/mol. The molecule has 0 saturated carbocycles. The lowest BCUT2D eigenvalue weighted by Gasteiger charge is -2.27. The monoisotopic (exact) mass is 699 g/mol. The number of esters is 1. The van der Waals surface area contributed by atoms with Crippen LogP contribution < -0.4 is 29.1 Å². The Morgan fingerprint density at radius 1 is 0.820 bits per heavy atom. The molecule has 0 radical (unpaired) electrons. The molecule has 0 amide bonds. The maximum Gasteiger partial charge on any atom is 0.453 e. The second-order valence-corrected chi connectivity index (χ2v) is 13.1. The Hall–Kier alpha value is -4.71. The number of carbonyl (C=O) groups excluding carboxylic acids is 1. The first kappa shape index (κ1) is 38.1. The highest BCUT2D eigenvalue weighted by molar-refractivity contribution is 5.94. The smallest absolute Gasteiger partial charge is 0.453 e. The second-order valence-electron chi connectivity index (χ2n) is 13.1. The van der Waals surface area contributed by atoms with Crippen LogP contribution in [0.25, 0.3) is 11.0 Å². The lowest BCUT2D eigenvalue weighted by Crippen LogP contribution is -2.31. The van der Waals surface area contributed by atoms with Gasteiger partial charge in [0.1, 0.15) is 17.1 Å². The van der Waals surface area contributed by atoms with Crippen LogP contribution in [0.4, 0.5) is 13.2 Å². The van der Waals surface area contributed by atoms with Crippen LogP contribution in [-0.2, 0) is 12.7 Å². The van der Waals surface area contributed by atoms with E-state index >= 15 is 0 Å². The van der Waals surface area contributed by atoms with Crippen molar-refractivity contribution in [2.45, 2.75) is 61.2 Å². The van der Waals surface area contributed by atoms with Crippen LogP contribution in [0.15, 0.2) is 45.6 Å². The minimum absolute atomic E-state index is 0.0161. The van der Waals surface area contributed by atoms with E-state index in [1.54, 1.807) is 26.8 Å². The van der Waals surface area contributed by atoms with Crippen molar-refractivity contribution in [3.63, 3.8) is 0 Å². The average Bonchev–Trinajstić information content (AvgIpc) is 3.03. The van der Waals surface area contributed by atoms with Crippen molar-refractivity contribution in [3.05, 3.63) is 80.2 Å². The van der Waals surface area contributed by atoms with E-state index in [1.807, 2.05) is 38.7 Å². The summed E-state index contributed by atoms with van der Waals surface area (Å²) in [5.41, 5.74) is 0.863. The summed E-state index contributed by atoms with van der Waals surface area (Å²) in [6, 6.07) is 8.89. The highest BCUT2D eigenvalue weighted by Gasteiger charge is 2.41. The van der Waals surface area contributed by atoms with Crippen LogP contribution in [0.3, 0.4) is 0 Å². The van der Waals surface area contributed by atoms with Gasteiger partial charge in [0, 0.05) is 19.6 Å². The molecule has 0 spiro atoms. The van der Waals surface area contributed by atoms with Gasteiger partial charge in [0.15, 0.2) is 11.5 Å². The SMILES string of the molecule is COc1cc(C(=O)Oc2ccc3c(=O)c(Oc4cc(C)cc(C)c4C)c(C(F)(F)F)oc3c2CN(CC(C)C)CC(C)C)cc(OC)c1OC. The third-order valence-corrected chi connectivity index (χ3v) is 8.04. The lowest BCUT2D eigenvalue weighted by atomic mass is 10.0. The molecule has 1 heterocycles. The molecule has 3 aromatic carbocycles. The molecule has 1 aromatic heterocycles. The van der Waals surface area contributed by atoms with Gasteiger partial charge < -0.3 is 28.1 Å². The number of nitrogens with zero attached hydrogens (tertiary/aromatic N) is 1. The second kappa shape index (κ2) is 15.5. The van der Waals surface area contributed by atoms with Crippen LogP contribution in [0.1, 0.15) is 66.1 Å². The summed E-state index contributed by atoms with van der Waals surface area (Å²) in [5.74, 6) is -2.37. The summed E-state index contributed by atoms with van der Waals surface area (Å²) in [6.45, 7) is 14.5. The molecule has 0 saturated heterocycles. The van der Waals surface area contributed by atoms with E-state index in [1.165, 1.54) is 45.6 Å². The quantitative estimate of drug-likeness (QED) is 0.100. The normalized spacial score (nSPS) is 11.8. The molecule has 0 aliphatic rings. The zero-order valence-electron chi connectivity index (χ0n) is 30.1. The molecule has 50 heavy (non-hydrogen) atoms. The first-order chi connectivity index (χ1) is 23.5. The van der Waals surface area contributed by atoms with Crippen LogP contribution >= 0.6 is 0 Å². The third-order valence-electron chi connectivity index (χ3n) is 8.04. The molecule has 0 unspecified atom stereocenters. The number of ether oxygens (including phenoxy) is 5. The van der Waals surface area contributed by atoms with E-state index in [0.717, 1.165) is 11.1 Å². The van der Waals surface area contributed by atoms with Gasteiger partial charge in [-0.1, -0.05) is 33.8 Å². The summed E-state index contributed by atoms with van der Waals surface area (Å²) in [6.07, 6.45) is -5.11. The van der Waals surface area contributed by atoms with E-state index in [4.69, 9.17) is 28.1 Å². The predicted molar refractivity (Wildman–Crippen MR) is 184 cm³/mol. The van der Waals surface area contributed by atoms with Crippen molar-refractivity contribution in [3.8, 4) is 34.5 Å². The Morgan fingerprint density at radius 3 is 1.94 bits per heavy atom. The fourth-order valence-corrected chi connectivity index (χ4v) is 5.84. The van der Waals surface area contributed by atoms with E-state index < -0.39 is 29.1 Å². The summed E-state index contributed by atoms with van der Waals surface area (Å²) < 4.78 is 77.6. The van der Waals surface area contributed by atoms with E-state index in [0.29, 0.717) is 18.7 Å². The van der Waals surface area contributed by atoms with E-state index in [-0.39, 0.29) is 69.2 Å². The van der Waals surface area contributed by atoms with E-state index in [9.17, 15) is 22.8 Å². The Balaban J connectivity index is 1.97. The van der Waals surface area contributed by atoms with Gasteiger partial charge in [-0.05, 0) is 79.6 Å². The Morgan fingerprint density at radius 2 is 1.42 bits per heavy atom. The van der Waals surface area contributed by atoms with Crippen LogP contribution in [0, 0.1) is 32.6 Å². The van der Waals surface area contributed by atoms with Crippen LogP contribution in [-0.4, -0.2) is 45.3 Å². The van der Waals surface area contributed by atoms with Gasteiger partial charge in [0.25, 0.3) is 5.76 Å². The molecule has 0 aliphatic heterocycles. The highest BCUT2D eigenvalue weighted by atomic mass is 19.4. The molecular formula is C38H44F3NO8. The Kier molecular flexibility index (Phi) is 11.8. The van der Waals surface area contributed by atoms with Gasteiger partial charge in [0.05, 0.1) is 37.8 Å². The van der Waals surface area contributed by atoms with Crippen molar-refractivity contribution >= 4 is 16.9 Å². The first-order valence-corrected chi connectivity index (χ1v) is 16.2. The number of aryl methyl sites for hydroxylation is 2. The third kappa shape index (κ3) is 8.35. The van der Waals surface area contributed by atoms with Crippen molar-refractivity contribution in [2.75, 3.05) is 34.4 Å². The Bertz CT molecular complexity index is 1900. The van der Waals surface area contributed by atoms with Crippen molar-refractivity contribution < 1.29 is 46.1 Å². The fraction of sp³-hybridized carbons (Fsp3) is 0.421. The number of fused-ring (bicyclic) bond motifs is 1. The van der Waals surface area contributed by atoms with Crippen molar-refractivity contribution in [1.82, 2.24) is 4.90 Å². The van der Waals surface area contributed by atoms with Gasteiger partial charge in [-0.25, -0.2) is 4.79 Å². The highest BCUT2D eigenvalue weighted by Crippen LogP contribution is 2.42. The van der Waals surface area contributed by atoms with Gasteiger partial charge in [-0.3, -0.25) is 9.69 Å². The van der Waals surface area contributed by atoms with E-state index in [2.05, 4.69) is 0 Å². The molecule has 12 heteroatoms. The van der Waals surface area contributed by atoms with Crippen LogP contribution in [0.2, 0.25) is 0 Å². The molecule has 270 valence electrons. The number of halogens is 3. The molecule has 9 nitrogen and oxygen atoms in total. The van der Waals surface area contributed by atoms with Crippen molar-refractivity contribution in [2.24, 2.45) is 11.8 Å². The first-order valence-electron chi connectivity index (χ1n) is 16.2. The molecule has 4 rings (SSSR count). The molecule has 4 aromatic rings. The van der Waals surface area contributed by atoms with Gasteiger partial charge >= 0.3 is 12.1 Å². The number of alkyl halides is 3. The van der Waals surface area contributed by atoms with Gasteiger partial charge in [-0.15, -0.1) is 0 Å². The van der Waals surface area contributed by atoms with Crippen molar-refractivity contribution in [1.29, 1.82) is 0 Å². The minimum Gasteiger partial charge on any atom is -0.493 e. The maximum absolute atomic E-state index is 14.8. The lowest BCUT2D eigenvalue weighted by molar-refractivity contribution is -0.154. The van der Waals surface area contributed by atoms with Crippen LogP contribution in [0.5, 0.6) is 34.5 Å². The molecule has 0 N–H and O–H groups in total. The number of methoxy groups -OCH3 is 3. The van der Waals surface area contributed by atoms with Gasteiger partial charge in [-0.2, -0.15) is 13.2 Å². The summed E-state index contributed by atoms with van der Waals surface area (Å²) >= 11 is 0.